The Morgan fingerprint density at radius 3 is 2.30 bits per heavy atom. The maximum absolute atomic E-state index is 11.6. The Hall–Kier alpha value is -1.30. The number of carboxylic acids is 1. The molecule has 0 saturated heterocycles. The summed E-state index contributed by atoms with van der Waals surface area (Å²) >= 11 is 0. The van der Waals surface area contributed by atoms with Gasteiger partial charge in [0.1, 0.15) is 6.04 Å². The monoisotopic (exact) mass is 288 g/mol. The Balaban J connectivity index is 3.77. The van der Waals surface area contributed by atoms with Crippen molar-refractivity contribution in [1.82, 2.24) is 10.6 Å². The standard InChI is InChI=1S/C14H28N2O4/c1-10(2)9-12(13(17)18)16-14(19)15-7-5-6-8-20-11(3)4/h10-12H,5-9H2,1-4H3,(H,17,18)(H2,15,16,19)/t12-/m1/s1. The van der Waals surface area contributed by atoms with E-state index in [1.165, 1.54) is 0 Å². The zero-order chi connectivity index (χ0) is 15.5. The maximum Gasteiger partial charge on any atom is 0.326 e. The Kier molecular flexibility index (Phi) is 9.80. The first kappa shape index (κ1) is 18.7. The molecule has 1 atom stereocenters. The number of carbonyl (C=O) groups is 2. The van der Waals surface area contributed by atoms with Crippen LogP contribution in [-0.4, -0.2) is 42.4 Å². The second kappa shape index (κ2) is 10.5. The highest BCUT2D eigenvalue weighted by molar-refractivity contribution is 5.82. The minimum atomic E-state index is -1.00. The van der Waals surface area contributed by atoms with Gasteiger partial charge in [0, 0.05) is 13.2 Å². The number of carboxylic acid groups (broad SMARTS) is 1. The fourth-order valence-electron chi connectivity index (χ4n) is 1.65. The number of carbonyl (C=O) groups excluding carboxylic acids is 1. The predicted octanol–water partition coefficient (Wildman–Crippen LogP) is 1.99. The van der Waals surface area contributed by atoms with Crippen LogP contribution in [0.25, 0.3) is 0 Å². The Bertz CT molecular complexity index is 293. The number of aliphatic carboxylic acids is 1. The quantitative estimate of drug-likeness (QED) is 0.536. The molecule has 0 aromatic carbocycles. The number of unbranched alkanes of at least 4 members (excludes halogenated alkanes) is 1. The topological polar surface area (TPSA) is 87.7 Å². The van der Waals surface area contributed by atoms with E-state index in [0.717, 1.165) is 12.8 Å². The average molecular weight is 288 g/mol. The molecule has 0 aliphatic carbocycles. The summed E-state index contributed by atoms with van der Waals surface area (Å²) in [5.74, 6) is -0.788. The fourth-order valence-corrected chi connectivity index (χ4v) is 1.65. The molecule has 0 heterocycles. The van der Waals surface area contributed by atoms with Crippen molar-refractivity contribution in [3.63, 3.8) is 0 Å². The van der Waals surface area contributed by atoms with E-state index in [-0.39, 0.29) is 12.0 Å². The summed E-state index contributed by atoms with van der Waals surface area (Å²) < 4.78 is 5.38. The molecule has 0 aromatic heterocycles. The van der Waals surface area contributed by atoms with Crippen molar-refractivity contribution in [2.75, 3.05) is 13.2 Å². The third kappa shape index (κ3) is 10.6. The first-order valence-corrected chi connectivity index (χ1v) is 7.21. The molecule has 3 N–H and O–H groups in total. The van der Waals surface area contributed by atoms with Crippen molar-refractivity contribution in [1.29, 1.82) is 0 Å². The van der Waals surface area contributed by atoms with Gasteiger partial charge in [0.25, 0.3) is 0 Å². The van der Waals surface area contributed by atoms with Crippen molar-refractivity contribution in [3.8, 4) is 0 Å². The van der Waals surface area contributed by atoms with E-state index in [1.807, 2.05) is 27.7 Å². The zero-order valence-electron chi connectivity index (χ0n) is 12.9. The lowest BCUT2D eigenvalue weighted by atomic mass is 10.0. The van der Waals surface area contributed by atoms with Gasteiger partial charge in [-0.15, -0.1) is 0 Å². The van der Waals surface area contributed by atoms with Crippen LogP contribution < -0.4 is 10.6 Å². The van der Waals surface area contributed by atoms with Crippen molar-refractivity contribution in [3.05, 3.63) is 0 Å². The van der Waals surface area contributed by atoms with Crippen molar-refractivity contribution in [2.45, 2.75) is 59.1 Å². The van der Waals surface area contributed by atoms with Gasteiger partial charge in [-0.3, -0.25) is 0 Å². The molecule has 20 heavy (non-hydrogen) atoms. The second-order valence-electron chi connectivity index (χ2n) is 5.55. The van der Waals surface area contributed by atoms with Crippen molar-refractivity contribution >= 4 is 12.0 Å². The Morgan fingerprint density at radius 1 is 1.15 bits per heavy atom. The lowest BCUT2D eigenvalue weighted by molar-refractivity contribution is -0.139. The molecule has 0 rings (SSSR count). The summed E-state index contributed by atoms with van der Waals surface area (Å²) in [7, 11) is 0. The van der Waals surface area contributed by atoms with E-state index in [0.29, 0.717) is 19.6 Å². The molecule has 0 radical (unpaired) electrons. The summed E-state index contributed by atoms with van der Waals surface area (Å²) in [6, 6.07) is -1.26. The van der Waals surface area contributed by atoms with Gasteiger partial charge in [-0.2, -0.15) is 0 Å². The maximum atomic E-state index is 11.6. The van der Waals surface area contributed by atoms with Crippen LogP contribution in [0.15, 0.2) is 0 Å². The zero-order valence-corrected chi connectivity index (χ0v) is 12.9. The van der Waals surface area contributed by atoms with Gasteiger partial charge in [-0.25, -0.2) is 9.59 Å². The molecule has 0 unspecified atom stereocenters. The van der Waals surface area contributed by atoms with Gasteiger partial charge in [0.15, 0.2) is 0 Å². The highest BCUT2D eigenvalue weighted by Crippen LogP contribution is 2.04. The third-order valence-corrected chi connectivity index (χ3v) is 2.62. The molecule has 0 fully saturated rings. The van der Waals surface area contributed by atoms with E-state index < -0.39 is 18.0 Å². The summed E-state index contributed by atoms with van der Waals surface area (Å²) in [4.78, 5) is 22.6. The van der Waals surface area contributed by atoms with E-state index in [9.17, 15) is 9.59 Å². The number of rotatable bonds is 10. The van der Waals surface area contributed by atoms with E-state index in [4.69, 9.17) is 9.84 Å². The van der Waals surface area contributed by atoms with Crippen molar-refractivity contribution in [2.24, 2.45) is 5.92 Å². The van der Waals surface area contributed by atoms with Gasteiger partial charge in [-0.05, 0) is 39.0 Å². The molecule has 6 heteroatoms. The molecule has 0 bridgehead atoms. The largest absolute Gasteiger partial charge is 0.480 e. The minimum Gasteiger partial charge on any atom is -0.480 e. The van der Waals surface area contributed by atoms with Crippen LogP contribution in [0, 0.1) is 5.92 Å². The molecular weight excluding hydrogens is 260 g/mol. The number of hydrogen-bond donors (Lipinski definition) is 3. The van der Waals surface area contributed by atoms with Crippen LogP contribution >= 0.6 is 0 Å². The number of hydrogen-bond acceptors (Lipinski definition) is 3. The third-order valence-electron chi connectivity index (χ3n) is 2.62. The predicted molar refractivity (Wildman–Crippen MR) is 77.7 cm³/mol. The van der Waals surface area contributed by atoms with E-state index in [1.54, 1.807) is 0 Å². The van der Waals surface area contributed by atoms with Crippen molar-refractivity contribution < 1.29 is 19.4 Å². The molecule has 6 nitrogen and oxygen atoms in total. The van der Waals surface area contributed by atoms with Crippen LogP contribution in [0.1, 0.15) is 47.0 Å². The summed E-state index contributed by atoms with van der Waals surface area (Å²) in [5, 5.41) is 14.1. The summed E-state index contributed by atoms with van der Waals surface area (Å²) in [6.07, 6.45) is 2.32. The number of amides is 2. The Labute approximate surface area is 121 Å². The normalized spacial score (nSPS) is 12.5. The fraction of sp³-hybridized carbons (Fsp3) is 0.857. The highest BCUT2D eigenvalue weighted by atomic mass is 16.5. The summed E-state index contributed by atoms with van der Waals surface area (Å²) in [5.41, 5.74) is 0. The SMILES string of the molecule is CC(C)C[C@@H](NC(=O)NCCCCOC(C)C)C(=O)O. The molecule has 0 aliphatic rings. The molecule has 2 amide bonds. The molecule has 0 spiro atoms. The first-order valence-electron chi connectivity index (χ1n) is 7.21. The average Bonchev–Trinajstić information content (AvgIpc) is 2.31. The van der Waals surface area contributed by atoms with Gasteiger partial charge >= 0.3 is 12.0 Å². The molecule has 0 aromatic rings. The molecule has 0 saturated carbocycles. The Morgan fingerprint density at radius 2 is 1.80 bits per heavy atom. The van der Waals surface area contributed by atoms with Crippen LogP contribution in [0.4, 0.5) is 4.79 Å². The van der Waals surface area contributed by atoms with Gasteiger partial charge < -0.3 is 20.5 Å². The molecule has 0 aliphatic heterocycles. The second-order valence-corrected chi connectivity index (χ2v) is 5.55. The van der Waals surface area contributed by atoms with Gasteiger partial charge in [0.2, 0.25) is 0 Å². The van der Waals surface area contributed by atoms with E-state index in [2.05, 4.69) is 10.6 Å². The number of nitrogens with one attached hydrogen (secondary N) is 2. The minimum absolute atomic E-state index is 0.213. The van der Waals surface area contributed by atoms with Gasteiger partial charge in [0.05, 0.1) is 6.10 Å². The molecular formula is C14H28N2O4. The van der Waals surface area contributed by atoms with Gasteiger partial charge in [-0.1, -0.05) is 13.8 Å². The smallest absolute Gasteiger partial charge is 0.326 e. The lowest BCUT2D eigenvalue weighted by Crippen LogP contribution is -2.46. The molecule has 118 valence electrons. The van der Waals surface area contributed by atoms with Crippen LogP contribution in [0.3, 0.4) is 0 Å². The number of urea groups is 1. The number of ether oxygens (including phenoxy) is 1. The van der Waals surface area contributed by atoms with Crippen LogP contribution in [0.2, 0.25) is 0 Å². The summed E-state index contributed by atoms with van der Waals surface area (Å²) in [6.45, 7) is 8.99. The highest BCUT2D eigenvalue weighted by Gasteiger charge is 2.20. The van der Waals surface area contributed by atoms with Crippen LogP contribution in [-0.2, 0) is 9.53 Å². The van der Waals surface area contributed by atoms with Crippen LogP contribution in [0.5, 0.6) is 0 Å². The van der Waals surface area contributed by atoms with E-state index >= 15 is 0 Å². The lowest BCUT2D eigenvalue weighted by Gasteiger charge is -2.17. The first-order chi connectivity index (χ1) is 9.32.